The molecular weight excluding hydrogens is 312 g/mol. The molecule has 5 nitrogen and oxygen atoms in total. The van der Waals surface area contributed by atoms with Gasteiger partial charge in [0.25, 0.3) is 0 Å². The summed E-state index contributed by atoms with van der Waals surface area (Å²) in [7, 11) is -2.70. The van der Waals surface area contributed by atoms with Gasteiger partial charge in [0.2, 0.25) is 0 Å². The molecule has 1 aromatic rings. The highest BCUT2D eigenvalue weighted by molar-refractivity contribution is 8.85. The van der Waals surface area contributed by atoms with E-state index in [0.29, 0.717) is 4.86 Å². The van der Waals surface area contributed by atoms with Crippen molar-refractivity contribution in [3.05, 3.63) is 35.9 Å². The quantitative estimate of drug-likeness (QED) is 0.572. The number of ether oxygens (including phenoxy) is 1. The van der Waals surface area contributed by atoms with Crippen LogP contribution in [0.3, 0.4) is 0 Å². The number of hydrogen-bond donors (Lipinski definition) is 0. The third-order valence-corrected chi connectivity index (χ3v) is 6.92. The van der Waals surface area contributed by atoms with E-state index in [0.717, 1.165) is 16.2 Å². The Bertz CT molecular complexity index is 533. The Morgan fingerprint density at radius 2 is 1.79 bits per heavy atom. The summed E-state index contributed by atoms with van der Waals surface area (Å²) in [5.74, 6) is 0.740. The van der Waals surface area contributed by atoms with Gasteiger partial charge >= 0.3 is 0 Å². The van der Waals surface area contributed by atoms with Gasteiger partial charge in [-0.05, 0) is 41.5 Å². The molecule has 1 aliphatic heterocycles. The maximum Gasteiger partial charge on any atom is 0.175 e. The first-order valence-electron chi connectivity index (χ1n) is 5.12. The molecule has 104 valence electrons. The highest BCUT2D eigenvalue weighted by atomic mass is 35.7. The molecule has 0 N–H and O–H groups in total. The zero-order valence-electron chi connectivity index (χ0n) is 10.1. The summed E-state index contributed by atoms with van der Waals surface area (Å²) in [6, 6.07) is 7.35. The van der Waals surface area contributed by atoms with Crippen LogP contribution in [0.4, 0.5) is 0 Å². The van der Waals surface area contributed by atoms with Crippen molar-refractivity contribution < 1.29 is 32.7 Å². The molecule has 0 spiro atoms. The van der Waals surface area contributed by atoms with Crippen molar-refractivity contribution in [1.29, 1.82) is 0 Å². The first-order chi connectivity index (χ1) is 8.89. The van der Waals surface area contributed by atoms with Crippen molar-refractivity contribution >= 4 is 30.4 Å². The Morgan fingerprint density at radius 3 is 2.32 bits per heavy atom. The van der Waals surface area contributed by atoms with E-state index in [4.69, 9.17) is 4.74 Å². The van der Waals surface area contributed by atoms with Gasteiger partial charge in [-0.25, -0.2) is 0 Å². The van der Waals surface area contributed by atoms with Crippen molar-refractivity contribution in [2.45, 2.75) is 6.92 Å². The fraction of sp³-hybridized carbons (Fsp3) is 0.182. The van der Waals surface area contributed by atoms with E-state index in [-0.39, 0.29) is 0 Å². The van der Waals surface area contributed by atoms with Crippen LogP contribution in [-0.4, -0.2) is 12.0 Å². The van der Waals surface area contributed by atoms with Crippen LogP contribution in [0.25, 0.3) is 4.91 Å². The van der Waals surface area contributed by atoms with Gasteiger partial charge in [0.05, 0.1) is 17.4 Å². The normalized spacial score (nSPS) is 19.5. The molecule has 2 rings (SSSR count). The van der Waals surface area contributed by atoms with Crippen molar-refractivity contribution in [2.75, 3.05) is 7.11 Å². The van der Waals surface area contributed by atoms with Crippen LogP contribution < -0.4 is 18.7 Å². The van der Waals surface area contributed by atoms with E-state index in [1.54, 1.807) is 14.0 Å². The second kappa shape index (κ2) is 5.84. The van der Waals surface area contributed by atoms with Gasteiger partial charge in [0, 0.05) is 9.77 Å². The molecule has 19 heavy (non-hydrogen) atoms. The molecule has 1 aromatic carbocycles. The van der Waals surface area contributed by atoms with E-state index in [9.17, 15) is 14.0 Å². The van der Waals surface area contributed by atoms with Crippen molar-refractivity contribution in [3.8, 4) is 5.75 Å². The predicted molar refractivity (Wildman–Crippen MR) is 67.9 cm³/mol. The number of halogens is 1. The topological polar surface area (TPSA) is 87.6 Å². The largest absolute Gasteiger partial charge is 0.497 e. The minimum atomic E-state index is -4.41. The molecular formula is C11H11ClO5S2. The van der Waals surface area contributed by atoms with Gasteiger partial charge < -0.3 is 4.74 Å². The van der Waals surface area contributed by atoms with Gasteiger partial charge in [-0.3, -0.25) is 0 Å². The second-order valence-corrected chi connectivity index (χ2v) is 7.99. The second-order valence-electron chi connectivity index (χ2n) is 3.61. The number of methoxy groups -OCH3 is 1. The Morgan fingerprint density at radius 1 is 1.16 bits per heavy atom. The van der Waals surface area contributed by atoms with Crippen LogP contribution in [-0.2, 0) is 3.74 Å². The van der Waals surface area contributed by atoms with Crippen LogP contribution in [0.15, 0.2) is 30.3 Å². The summed E-state index contributed by atoms with van der Waals surface area (Å²) in [5, 5.41) is 0. The van der Waals surface area contributed by atoms with Crippen LogP contribution in [0, 0.1) is 10.2 Å². The molecule has 1 aliphatic rings. The molecule has 0 saturated heterocycles. The lowest BCUT2D eigenvalue weighted by Crippen LogP contribution is -2.60. The SMILES string of the molecule is COc1ccc(C2=CC(C)=S(O[Cl+3]([O-])([O-])[O-])S2)cc1. The standard InChI is InChI=1S/C11H11ClO5S2/c1-8-7-11(18-19(8)17-12(13,14)15)9-3-5-10(16-2)6-4-9/h3-7H,1-2H3. The molecule has 0 radical (unpaired) electrons. The van der Waals surface area contributed by atoms with E-state index in [2.05, 4.69) is 3.74 Å². The van der Waals surface area contributed by atoms with Gasteiger partial charge in [0.15, 0.2) is 9.80 Å². The van der Waals surface area contributed by atoms with Crippen LogP contribution in [0.2, 0.25) is 0 Å². The Hall–Kier alpha value is -0.540. The smallest absolute Gasteiger partial charge is 0.175 e. The summed E-state index contributed by atoms with van der Waals surface area (Å²) < 4.78 is 41.3. The van der Waals surface area contributed by atoms with Crippen LogP contribution in [0.1, 0.15) is 12.5 Å². The predicted octanol–water partition coefficient (Wildman–Crippen LogP) is -0.0120. The molecule has 0 aliphatic carbocycles. The molecule has 1 heterocycles. The monoisotopic (exact) mass is 322 g/mol. The highest BCUT2D eigenvalue weighted by Gasteiger charge is 2.29. The van der Waals surface area contributed by atoms with E-state index < -0.39 is 20.0 Å². The van der Waals surface area contributed by atoms with Crippen LogP contribution >= 0.6 is 20.6 Å². The maximum atomic E-state index is 10.6. The lowest BCUT2D eigenvalue weighted by atomic mass is 10.2. The lowest BCUT2D eigenvalue weighted by Gasteiger charge is -2.12. The fourth-order valence-electron chi connectivity index (χ4n) is 1.42. The average molecular weight is 323 g/mol. The Balaban J connectivity index is 2.12. The molecule has 8 heteroatoms. The Labute approximate surface area is 119 Å². The third-order valence-electron chi connectivity index (χ3n) is 2.27. The highest BCUT2D eigenvalue weighted by Crippen LogP contribution is 2.50. The fourth-order valence-corrected chi connectivity index (χ4v) is 5.78. The summed E-state index contributed by atoms with van der Waals surface area (Å²) in [6.45, 7) is 1.73. The van der Waals surface area contributed by atoms with Gasteiger partial charge in [-0.2, -0.15) is 14.0 Å². The van der Waals surface area contributed by atoms with Gasteiger partial charge in [0.1, 0.15) is 9.49 Å². The van der Waals surface area contributed by atoms with Crippen LogP contribution in [0.5, 0.6) is 5.75 Å². The first-order valence-corrected chi connectivity index (χ1v) is 8.84. The molecule has 0 aromatic heterocycles. The third kappa shape index (κ3) is 3.96. The molecule has 0 bridgehead atoms. The Kier molecular flexibility index (Phi) is 4.57. The zero-order valence-corrected chi connectivity index (χ0v) is 12.5. The molecule has 1 unspecified atom stereocenters. The number of hydrogen-bond acceptors (Lipinski definition) is 6. The molecule has 1 atom stereocenters. The van der Waals surface area contributed by atoms with Crippen molar-refractivity contribution in [1.82, 2.24) is 0 Å². The molecule has 0 saturated carbocycles. The summed E-state index contributed by atoms with van der Waals surface area (Å²) in [6.07, 6.45) is 1.82. The molecule has 0 fully saturated rings. The number of benzene rings is 1. The maximum absolute atomic E-state index is 10.6. The van der Waals surface area contributed by atoms with E-state index in [1.165, 1.54) is 10.8 Å². The minimum Gasteiger partial charge on any atom is -0.497 e. The number of rotatable bonds is 4. The summed E-state index contributed by atoms with van der Waals surface area (Å²) >= 11 is 0. The van der Waals surface area contributed by atoms with Gasteiger partial charge in [-0.15, -0.1) is 0 Å². The van der Waals surface area contributed by atoms with E-state index in [1.807, 2.05) is 30.3 Å². The number of allylic oxidation sites excluding steroid dienone is 1. The summed E-state index contributed by atoms with van der Waals surface area (Å²) in [4.78, 5) is 1.57. The zero-order chi connectivity index (χ0) is 14.0. The average Bonchev–Trinajstić information content (AvgIpc) is 2.69. The van der Waals surface area contributed by atoms with Crippen molar-refractivity contribution in [2.24, 2.45) is 0 Å². The van der Waals surface area contributed by atoms with Crippen molar-refractivity contribution in [3.63, 3.8) is 0 Å². The lowest BCUT2D eigenvalue weighted by molar-refractivity contribution is -1.91. The van der Waals surface area contributed by atoms with E-state index >= 15 is 0 Å². The first kappa shape index (κ1) is 14.9. The van der Waals surface area contributed by atoms with Gasteiger partial charge in [-0.1, -0.05) is 12.1 Å². The molecule has 0 amide bonds. The summed E-state index contributed by atoms with van der Waals surface area (Å²) in [5.41, 5.74) is 0.920. The minimum absolute atomic E-state index is 0.711.